The molecule has 20 heavy (non-hydrogen) atoms. The summed E-state index contributed by atoms with van der Waals surface area (Å²) in [4.78, 5) is 7.20. The van der Waals surface area contributed by atoms with Crippen LogP contribution in [0.5, 0.6) is 0 Å². The van der Waals surface area contributed by atoms with E-state index in [4.69, 9.17) is 4.98 Å². The molecule has 6 heteroatoms. The number of aromatic nitrogens is 4. The van der Waals surface area contributed by atoms with Gasteiger partial charge in [-0.25, -0.2) is 4.98 Å². The number of hydrogen-bond donors (Lipinski definition) is 0. The van der Waals surface area contributed by atoms with E-state index in [1.165, 1.54) is 24.4 Å². The van der Waals surface area contributed by atoms with Crippen LogP contribution in [0.3, 0.4) is 0 Å². The minimum atomic E-state index is 0.513. The number of rotatable bonds is 3. The Labute approximate surface area is 126 Å². The third-order valence-electron chi connectivity index (χ3n) is 4.23. The molecule has 2 aromatic rings. The molecule has 4 heterocycles. The normalized spacial score (nSPS) is 19.9. The van der Waals surface area contributed by atoms with Gasteiger partial charge in [0.05, 0.1) is 22.4 Å². The lowest BCUT2D eigenvalue weighted by molar-refractivity contribution is 0.0896. The van der Waals surface area contributed by atoms with Crippen LogP contribution in [0.4, 0.5) is 0 Å². The van der Waals surface area contributed by atoms with Crippen LogP contribution in [0.15, 0.2) is 23.1 Å². The first kappa shape index (κ1) is 12.6. The number of likely N-dealkylation sites (tertiary alicyclic amines) is 1. The standard InChI is InChI=1S/C14H18BrN5/c15-11-5-16-20(6-11)13-9-18(10-13)7-12-8-19-4-2-1-3-14(19)17-12/h5-6,8,13H,1-4,7,9-10H2. The molecule has 0 atom stereocenters. The number of hydrogen-bond acceptors (Lipinski definition) is 3. The van der Waals surface area contributed by atoms with Crippen molar-refractivity contribution in [2.45, 2.75) is 38.4 Å². The molecule has 106 valence electrons. The van der Waals surface area contributed by atoms with E-state index in [0.717, 1.165) is 37.1 Å². The molecule has 2 aliphatic rings. The number of imidazole rings is 1. The van der Waals surface area contributed by atoms with Crippen LogP contribution in [0, 0.1) is 0 Å². The maximum Gasteiger partial charge on any atom is 0.109 e. The molecule has 0 bridgehead atoms. The van der Waals surface area contributed by atoms with Crippen LogP contribution in [0.2, 0.25) is 0 Å². The monoisotopic (exact) mass is 335 g/mol. The lowest BCUT2D eigenvalue weighted by atomic mass is 10.1. The van der Waals surface area contributed by atoms with Gasteiger partial charge in [-0.05, 0) is 28.8 Å². The summed E-state index contributed by atoms with van der Waals surface area (Å²) in [6.45, 7) is 4.25. The van der Waals surface area contributed by atoms with Gasteiger partial charge in [-0.1, -0.05) is 0 Å². The molecule has 1 saturated heterocycles. The van der Waals surface area contributed by atoms with Crippen LogP contribution >= 0.6 is 15.9 Å². The van der Waals surface area contributed by atoms with Crippen LogP contribution in [0.1, 0.15) is 30.4 Å². The zero-order valence-corrected chi connectivity index (χ0v) is 13.0. The quantitative estimate of drug-likeness (QED) is 0.863. The molecule has 0 unspecified atom stereocenters. The van der Waals surface area contributed by atoms with Crippen molar-refractivity contribution in [1.29, 1.82) is 0 Å². The zero-order valence-electron chi connectivity index (χ0n) is 11.4. The Morgan fingerprint density at radius 2 is 2.15 bits per heavy atom. The summed E-state index contributed by atoms with van der Waals surface area (Å²) in [6, 6.07) is 0.513. The predicted octanol–water partition coefficient (Wildman–Crippen LogP) is 2.24. The van der Waals surface area contributed by atoms with E-state index in [1.807, 2.05) is 6.20 Å². The van der Waals surface area contributed by atoms with Crippen molar-refractivity contribution in [3.63, 3.8) is 0 Å². The van der Waals surface area contributed by atoms with Crippen molar-refractivity contribution in [3.05, 3.63) is 34.6 Å². The van der Waals surface area contributed by atoms with Crippen molar-refractivity contribution >= 4 is 15.9 Å². The summed E-state index contributed by atoms with van der Waals surface area (Å²) in [5.74, 6) is 1.28. The minimum absolute atomic E-state index is 0.513. The first-order chi connectivity index (χ1) is 9.78. The fraction of sp³-hybridized carbons (Fsp3) is 0.571. The smallest absolute Gasteiger partial charge is 0.109 e. The van der Waals surface area contributed by atoms with Crippen LogP contribution in [-0.4, -0.2) is 37.3 Å². The van der Waals surface area contributed by atoms with E-state index in [0.29, 0.717) is 6.04 Å². The SMILES string of the molecule is Brc1cnn(C2CN(Cc3cn4c(n3)CCCC4)C2)c1. The molecule has 2 aromatic heterocycles. The van der Waals surface area contributed by atoms with Crippen LogP contribution in [-0.2, 0) is 19.5 Å². The Bertz CT molecular complexity index is 587. The summed E-state index contributed by atoms with van der Waals surface area (Å²) in [5.41, 5.74) is 1.22. The highest BCUT2D eigenvalue weighted by Crippen LogP contribution is 2.24. The number of nitrogens with zero attached hydrogens (tertiary/aromatic N) is 5. The van der Waals surface area contributed by atoms with E-state index in [1.54, 1.807) is 0 Å². The van der Waals surface area contributed by atoms with E-state index in [9.17, 15) is 0 Å². The fourth-order valence-electron chi connectivity index (χ4n) is 3.13. The van der Waals surface area contributed by atoms with Gasteiger partial charge in [0.2, 0.25) is 0 Å². The average Bonchev–Trinajstić information content (AvgIpc) is 2.98. The molecular weight excluding hydrogens is 318 g/mol. The average molecular weight is 336 g/mol. The van der Waals surface area contributed by atoms with E-state index in [-0.39, 0.29) is 0 Å². The van der Waals surface area contributed by atoms with Crippen molar-refractivity contribution in [2.75, 3.05) is 13.1 Å². The zero-order chi connectivity index (χ0) is 13.5. The van der Waals surface area contributed by atoms with E-state index >= 15 is 0 Å². The maximum absolute atomic E-state index is 4.77. The lowest BCUT2D eigenvalue weighted by Gasteiger charge is -2.38. The predicted molar refractivity (Wildman–Crippen MR) is 79.4 cm³/mol. The Hall–Kier alpha value is -1.14. The molecule has 0 radical (unpaired) electrons. The largest absolute Gasteiger partial charge is 0.335 e. The number of aryl methyl sites for hydroxylation is 2. The van der Waals surface area contributed by atoms with Crippen LogP contribution < -0.4 is 0 Å². The molecule has 0 spiro atoms. The molecule has 4 rings (SSSR count). The summed E-state index contributed by atoms with van der Waals surface area (Å²) < 4.78 is 5.44. The first-order valence-corrected chi connectivity index (χ1v) is 8.04. The molecule has 0 amide bonds. The van der Waals surface area contributed by atoms with Crippen molar-refractivity contribution in [1.82, 2.24) is 24.2 Å². The van der Waals surface area contributed by atoms with Crippen molar-refractivity contribution < 1.29 is 0 Å². The third kappa shape index (κ3) is 2.31. The van der Waals surface area contributed by atoms with Crippen molar-refractivity contribution in [3.8, 4) is 0 Å². The van der Waals surface area contributed by atoms with E-state index < -0.39 is 0 Å². The second-order valence-electron chi connectivity index (χ2n) is 5.79. The highest BCUT2D eigenvalue weighted by atomic mass is 79.9. The topological polar surface area (TPSA) is 38.9 Å². The first-order valence-electron chi connectivity index (χ1n) is 7.25. The molecule has 0 N–H and O–H groups in total. The molecule has 0 aromatic carbocycles. The number of fused-ring (bicyclic) bond motifs is 1. The summed E-state index contributed by atoms with van der Waals surface area (Å²) in [5, 5.41) is 4.36. The van der Waals surface area contributed by atoms with Gasteiger partial charge >= 0.3 is 0 Å². The Morgan fingerprint density at radius 1 is 1.25 bits per heavy atom. The molecule has 2 aliphatic heterocycles. The third-order valence-corrected chi connectivity index (χ3v) is 4.64. The second-order valence-corrected chi connectivity index (χ2v) is 6.70. The van der Waals surface area contributed by atoms with Gasteiger partial charge in [0, 0.05) is 45.0 Å². The van der Waals surface area contributed by atoms with Gasteiger partial charge in [0.15, 0.2) is 0 Å². The maximum atomic E-state index is 4.77. The van der Waals surface area contributed by atoms with Crippen molar-refractivity contribution in [2.24, 2.45) is 0 Å². The molecule has 0 saturated carbocycles. The van der Waals surface area contributed by atoms with Crippen LogP contribution in [0.25, 0.3) is 0 Å². The highest BCUT2D eigenvalue weighted by Gasteiger charge is 2.29. The molecule has 5 nitrogen and oxygen atoms in total. The molecule has 0 aliphatic carbocycles. The van der Waals surface area contributed by atoms with Gasteiger partial charge in [-0.15, -0.1) is 0 Å². The Kier molecular flexibility index (Phi) is 3.15. The van der Waals surface area contributed by atoms with Gasteiger partial charge in [-0.3, -0.25) is 9.58 Å². The van der Waals surface area contributed by atoms with Gasteiger partial charge in [-0.2, -0.15) is 5.10 Å². The summed E-state index contributed by atoms with van der Waals surface area (Å²) in [7, 11) is 0. The molecule has 1 fully saturated rings. The lowest BCUT2D eigenvalue weighted by Crippen LogP contribution is -2.47. The number of halogens is 1. The highest BCUT2D eigenvalue weighted by molar-refractivity contribution is 9.10. The van der Waals surface area contributed by atoms with Gasteiger partial charge in [0.25, 0.3) is 0 Å². The summed E-state index contributed by atoms with van der Waals surface area (Å²) >= 11 is 3.45. The Morgan fingerprint density at radius 3 is 2.90 bits per heavy atom. The summed E-state index contributed by atoms with van der Waals surface area (Å²) in [6.07, 6.45) is 9.87. The fourth-order valence-corrected chi connectivity index (χ4v) is 3.43. The Balaban J connectivity index is 1.36. The molecular formula is C14H18BrN5. The van der Waals surface area contributed by atoms with E-state index in [2.05, 4.69) is 47.6 Å². The minimum Gasteiger partial charge on any atom is -0.335 e. The van der Waals surface area contributed by atoms with Gasteiger partial charge in [0.1, 0.15) is 5.82 Å². The second kappa shape index (κ2) is 5.00. The van der Waals surface area contributed by atoms with Gasteiger partial charge < -0.3 is 4.57 Å².